The number of nitro benzene ring substituents is 1. The number of rotatable bonds is 8. The fourth-order valence-electron chi connectivity index (χ4n) is 3.23. The van der Waals surface area contributed by atoms with Crippen LogP contribution >= 0.6 is 0 Å². The van der Waals surface area contributed by atoms with E-state index < -0.39 is 53.1 Å². The third-order valence-electron chi connectivity index (χ3n) is 5.97. The average molecular weight is 485 g/mol. The second kappa shape index (κ2) is 9.97. The van der Waals surface area contributed by atoms with Crippen molar-refractivity contribution >= 4 is 36.1 Å². The number of carbonyl (C=O) groups is 2. The molecule has 0 amide bonds. The molecule has 0 aromatic heterocycles. The van der Waals surface area contributed by atoms with Crippen molar-refractivity contribution < 1.29 is 37.7 Å². The number of hydrogen-bond acceptors (Lipinski definition) is 8. The minimum atomic E-state index is -0.939. The maximum absolute atomic E-state index is 14.3. The Balaban J connectivity index is 1.79. The van der Waals surface area contributed by atoms with Crippen molar-refractivity contribution in [3.63, 3.8) is 0 Å². The molecule has 35 heavy (non-hydrogen) atoms. The van der Waals surface area contributed by atoms with Crippen LogP contribution in [-0.4, -0.2) is 48.7 Å². The van der Waals surface area contributed by atoms with Crippen LogP contribution in [0.5, 0.6) is 5.75 Å². The summed E-state index contributed by atoms with van der Waals surface area (Å²) in [6, 6.07) is 8.33. The van der Waals surface area contributed by atoms with E-state index in [2.05, 4.69) is 4.74 Å². The minimum Gasteiger partial charge on any atom is -0.478 e. The van der Waals surface area contributed by atoms with Gasteiger partial charge in [0.2, 0.25) is 0 Å². The smallest absolute Gasteiger partial charge is 0.478 e. The van der Waals surface area contributed by atoms with Crippen molar-refractivity contribution in [1.29, 1.82) is 0 Å². The van der Waals surface area contributed by atoms with Crippen molar-refractivity contribution in [2.24, 2.45) is 0 Å². The molecule has 1 aliphatic heterocycles. The summed E-state index contributed by atoms with van der Waals surface area (Å²) in [5, 5.41) is 11.4. The molecule has 1 aliphatic rings. The first-order valence-corrected chi connectivity index (χ1v) is 10.7. The zero-order valence-corrected chi connectivity index (χ0v) is 20.0. The van der Waals surface area contributed by atoms with Crippen molar-refractivity contribution in [3.8, 4) is 5.75 Å². The SMILES string of the molecule is COC(=O)/C=C/c1cc(OCC(=O)c2cccc(B3OC(C)(C)C(C)(C)O3)c2)c([N+](=O)[O-])cc1F. The number of carbonyl (C=O) groups excluding carboxylic acids is 2. The summed E-state index contributed by atoms with van der Waals surface area (Å²) in [6.07, 6.45) is 2.05. The molecule has 0 N–H and O–H groups in total. The Labute approximate surface area is 202 Å². The standard InChI is InChI=1S/C24H25BFNO8/c1-23(2)24(3,4)35-25(34-23)17-8-6-7-16(11-17)20(28)14-33-21-12-15(9-10-22(29)32-5)18(26)13-19(21)27(30)31/h6-13H,14H2,1-5H3/b10-9+. The number of ether oxygens (including phenoxy) is 2. The van der Waals surface area contributed by atoms with E-state index in [4.69, 9.17) is 14.0 Å². The minimum absolute atomic E-state index is 0.147. The lowest BCUT2D eigenvalue weighted by molar-refractivity contribution is -0.386. The van der Waals surface area contributed by atoms with E-state index in [1.807, 2.05) is 27.7 Å². The molecule has 0 atom stereocenters. The average Bonchev–Trinajstić information content (AvgIpc) is 3.03. The molecule has 184 valence electrons. The summed E-state index contributed by atoms with van der Waals surface area (Å²) in [5.74, 6) is -2.46. The van der Waals surface area contributed by atoms with E-state index in [0.717, 1.165) is 25.3 Å². The molecule has 2 aromatic rings. The Morgan fingerprint density at radius 3 is 2.40 bits per heavy atom. The van der Waals surface area contributed by atoms with Gasteiger partial charge in [-0.2, -0.15) is 0 Å². The second-order valence-electron chi connectivity index (χ2n) is 8.88. The van der Waals surface area contributed by atoms with Crippen LogP contribution < -0.4 is 10.2 Å². The zero-order chi connectivity index (χ0) is 26.0. The maximum atomic E-state index is 14.3. The summed E-state index contributed by atoms with van der Waals surface area (Å²) in [4.78, 5) is 34.6. The molecule has 0 spiro atoms. The largest absolute Gasteiger partial charge is 0.494 e. The van der Waals surface area contributed by atoms with E-state index in [-0.39, 0.29) is 16.9 Å². The quantitative estimate of drug-likeness (QED) is 0.140. The van der Waals surface area contributed by atoms with Crippen LogP contribution in [-0.2, 0) is 18.8 Å². The Kier molecular flexibility index (Phi) is 7.42. The monoisotopic (exact) mass is 485 g/mol. The van der Waals surface area contributed by atoms with Gasteiger partial charge in [-0.1, -0.05) is 24.3 Å². The third kappa shape index (κ3) is 5.75. The summed E-state index contributed by atoms with van der Waals surface area (Å²) < 4.78 is 36.1. The van der Waals surface area contributed by atoms with E-state index in [9.17, 15) is 24.1 Å². The lowest BCUT2D eigenvalue weighted by Crippen LogP contribution is -2.41. The molecule has 0 aliphatic carbocycles. The van der Waals surface area contributed by atoms with Gasteiger partial charge in [0.05, 0.1) is 29.3 Å². The van der Waals surface area contributed by atoms with Crippen molar-refractivity contribution in [2.45, 2.75) is 38.9 Å². The van der Waals surface area contributed by atoms with Gasteiger partial charge in [0.25, 0.3) is 0 Å². The van der Waals surface area contributed by atoms with Gasteiger partial charge in [-0.3, -0.25) is 14.9 Å². The van der Waals surface area contributed by atoms with Crippen LogP contribution in [0.3, 0.4) is 0 Å². The fourth-order valence-corrected chi connectivity index (χ4v) is 3.23. The van der Waals surface area contributed by atoms with Crippen molar-refractivity contribution in [2.75, 3.05) is 13.7 Å². The van der Waals surface area contributed by atoms with Gasteiger partial charge < -0.3 is 18.8 Å². The second-order valence-corrected chi connectivity index (χ2v) is 8.88. The number of halogens is 1. The Morgan fingerprint density at radius 2 is 1.80 bits per heavy atom. The number of methoxy groups -OCH3 is 1. The molecule has 0 bridgehead atoms. The topological polar surface area (TPSA) is 114 Å². The molecule has 0 radical (unpaired) electrons. The highest BCUT2D eigenvalue weighted by molar-refractivity contribution is 6.62. The van der Waals surface area contributed by atoms with Crippen molar-refractivity contribution in [3.05, 3.63) is 69.5 Å². The van der Waals surface area contributed by atoms with Crippen LogP contribution in [0.1, 0.15) is 43.6 Å². The molecule has 1 heterocycles. The number of benzene rings is 2. The third-order valence-corrected chi connectivity index (χ3v) is 5.97. The first-order chi connectivity index (χ1) is 16.3. The summed E-state index contributed by atoms with van der Waals surface area (Å²) in [5.41, 5.74) is -0.988. The van der Waals surface area contributed by atoms with Gasteiger partial charge in [-0.05, 0) is 45.3 Å². The Morgan fingerprint density at radius 1 is 1.14 bits per heavy atom. The van der Waals surface area contributed by atoms with Crippen molar-refractivity contribution in [1.82, 2.24) is 0 Å². The highest BCUT2D eigenvalue weighted by Gasteiger charge is 2.51. The van der Waals surface area contributed by atoms with Crippen LogP contribution in [0.15, 0.2) is 42.5 Å². The van der Waals surface area contributed by atoms with E-state index in [0.29, 0.717) is 11.5 Å². The number of hydrogen-bond donors (Lipinski definition) is 0. The highest BCUT2D eigenvalue weighted by atomic mass is 19.1. The number of nitro groups is 1. The first kappa shape index (κ1) is 26.0. The molecule has 1 fully saturated rings. The van der Waals surface area contributed by atoms with Crippen LogP contribution in [0, 0.1) is 15.9 Å². The maximum Gasteiger partial charge on any atom is 0.494 e. The van der Waals surface area contributed by atoms with E-state index in [1.165, 1.54) is 0 Å². The van der Waals surface area contributed by atoms with E-state index >= 15 is 0 Å². The Bertz CT molecular complexity index is 1180. The molecule has 9 nitrogen and oxygen atoms in total. The van der Waals surface area contributed by atoms with Gasteiger partial charge in [-0.25, -0.2) is 9.18 Å². The van der Waals surface area contributed by atoms with Gasteiger partial charge in [-0.15, -0.1) is 0 Å². The van der Waals surface area contributed by atoms with E-state index in [1.54, 1.807) is 24.3 Å². The molecule has 0 saturated carbocycles. The van der Waals surface area contributed by atoms with Gasteiger partial charge in [0.15, 0.2) is 18.1 Å². The molecular formula is C24H25BFNO8. The lowest BCUT2D eigenvalue weighted by Gasteiger charge is -2.32. The number of Topliss-reactive ketones (excluding diaryl/α,β-unsaturated/α-hetero) is 1. The van der Waals surface area contributed by atoms with Gasteiger partial charge in [0.1, 0.15) is 5.82 Å². The predicted octanol–water partition coefficient (Wildman–Crippen LogP) is 3.48. The molecule has 2 aromatic carbocycles. The van der Waals surface area contributed by atoms with Gasteiger partial charge in [0, 0.05) is 17.2 Å². The lowest BCUT2D eigenvalue weighted by atomic mass is 9.78. The van der Waals surface area contributed by atoms with Crippen LogP contribution in [0.2, 0.25) is 0 Å². The van der Waals surface area contributed by atoms with Crippen LogP contribution in [0.25, 0.3) is 6.08 Å². The summed E-state index contributed by atoms with van der Waals surface area (Å²) in [7, 11) is 0.483. The molecular weight excluding hydrogens is 460 g/mol. The Hall–Kier alpha value is -3.57. The predicted molar refractivity (Wildman–Crippen MR) is 126 cm³/mol. The number of ketones is 1. The number of esters is 1. The summed E-state index contributed by atoms with van der Waals surface area (Å²) in [6.45, 7) is 7.12. The summed E-state index contributed by atoms with van der Waals surface area (Å²) >= 11 is 0. The van der Waals surface area contributed by atoms with Gasteiger partial charge >= 0.3 is 18.8 Å². The zero-order valence-electron chi connectivity index (χ0n) is 20.0. The number of nitrogens with zero attached hydrogens (tertiary/aromatic N) is 1. The first-order valence-electron chi connectivity index (χ1n) is 10.7. The molecule has 0 unspecified atom stereocenters. The van der Waals surface area contributed by atoms with Crippen LogP contribution in [0.4, 0.5) is 10.1 Å². The molecule has 3 rings (SSSR count). The fraction of sp³-hybridized carbons (Fsp3) is 0.333. The normalized spacial score (nSPS) is 16.3. The highest BCUT2D eigenvalue weighted by Crippen LogP contribution is 2.36. The molecule has 1 saturated heterocycles. The molecule has 11 heteroatoms.